The zero-order chi connectivity index (χ0) is 26.2. The van der Waals surface area contributed by atoms with E-state index in [1.807, 2.05) is 18.5 Å². The summed E-state index contributed by atoms with van der Waals surface area (Å²) in [6.07, 6.45) is 2.56. The van der Waals surface area contributed by atoms with Crippen LogP contribution in [-0.4, -0.2) is 43.7 Å². The van der Waals surface area contributed by atoms with E-state index in [1.54, 1.807) is 12.1 Å². The number of pyridine rings is 1. The van der Waals surface area contributed by atoms with Crippen LogP contribution in [0.3, 0.4) is 0 Å². The molecule has 0 fully saturated rings. The van der Waals surface area contributed by atoms with E-state index in [4.69, 9.17) is 14.5 Å². The van der Waals surface area contributed by atoms with E-state index in [0.29, 0.717) is 6.26 Å². The van der Waals surface area contributed by atoms with Crippen LogP contribution in [0.1, 0.15) is 47.4 Å². The Labute approximate surface area is 205 Å². The number of H-pyrrole nitrogens is 1. The number of halogens is 1. The molecule has 0 aliphatic rings. The van der Waals surface area contributed by atoms with Gasteiger partial charge >= 0.3 is 0 Å². The van der Waals surface area contributed by atoms with Crippen molar-refractivity contribution in [3.05, 3.63) is 54.4 Å². The zero-order valence-electron chi connectivity index (χ0n) is 21.1. The Balaban J connectivity index is 0.000000623. The number of rotatable bonds is 3. The standard InChI is InChI=1S/C24H28FN5.CH4O3S/c1-23(2,3)13-30-14-26-18-12-11-17(27-21(18)30)20-19(15-7-9-16(25)10-8-15)28-22(29-20)24(4,5)6;1-5(2,3)4/h7-12,14H,13H2,1-6H3,(H,28,29);1H3,(H,2,3,4). The third kappa shape index (κ3) is 7.19. The van der Waals surface area contributed by atoms with E-state index >= 15 is 0 Å². The summed E-state index contributed by atoms with van der Waals surface area (Å²) in [5.41, 5.74) is 4.90. The molecule has 4 aromatic rings. The molecule has 0 atom stereocenters. The van der Waals surface area contributed by atoms with E-state index in [2.05, 4.69) is 56.1 Å². The van der Waals surface area contributed by atoms with Crippen molar-refractivity contribution in [1.82, 2.24) is 24.5 Å². The monoisotopic (exact) mass is 501 g/mol. The Morgan fingerprint density at radius 3 is 2.14 bits per heavy atom. The van der Waals surface area contributed by atoms with Crippen LogP contribution in [0.5, 0.6) is 0 Å². The molecule has 3 aromatic heterocycles. The number of fused-ring (bicyclic) bond motifs is 1. The minimum Gasteiger partial charge on any atom is -0.340 e. The van der Waals surface area contributed by atoms with Crippen LogP contribution >= 0.6 is 0 Å². The lowest BCUT2D eigenvalue weighted by molar-refractivity contribution is 0.347. The number of nitrogens with zero attached hydrogens (tertiary/aromatic N) is 4. The summed E-state index contributed by atoms with van der Waals surface area (Å²) in [4.78, 5) is 17.8. The average Bonchev–Trinajstić information content (AvgIpc) is 3.31. The molecule has 10 heteroatoms. The largest absolute Gasteiger partial charge is 0.340 e. The molecule has 0 aliphatic heterocycles. The van der Waals surface area contributed by atoms with Gasteiger partial charge < -0.3 is 9.55 Å². The summed E-state index contributed by atoms with van der Waals surface area (Å²) < 4.78 is 41.5. The lowest BCUT2D eigenvalue weighted by Gasteiger charge is -2.18. The molecule has 188 valence electrons. The van der Waals surface area contributed by atoms with Gasteiger partial charge in [0.1, 0.15) is 17.2 Å². The maximum absolute atomic E-state index is 13.5. The second kappa shape index (κ2) is 9.50. The lowest BCUT2D eigenvalue weighted by atomic mass is 9.96. The Morgan fingerprint density at radius 2 is 1.60 bits per heavy atom. The van der Waals surface area contributed by atoms with Crippen LogP contribution in [0.4, 0.5) is 4.39 Å². The predicted molar refractivity (Wildman–Crippen MR) is 136 cm³/mol. The second-order valence-corrected chi connectivity index (χ2v) is 12.2. The smallest absolute Gasteiger partial charge is 0.261 e. The highest BCUT2D eigenvalue weighted by molar-refractivity contribution is 7.85. The van der Waals surface area contributed by atoms with Crippen molar-refractivity contribution in [3.63, 3.8) is 0 Å². The van der Waals surface area contributed by atoms with Crippen molar-refractivity contribution in [2.24, 2.45) is 5.41 Å². The molecular weight excluding hydrogens is 469 g/mol. The predicted octanol–water partition coefficient (Wildman–Crippen LogP) is 5.48. The average molecular weight is 502 g/mol. The normalized spacial score (nSPS) is 12.5. The SMILES string of the molecule is CC(C)(C)Cn1cnc2ccc(-c3[nH]c(C(C)(C)C)nc3-c3ccc(F)cc3)nc21.CS(=O)(=O)O. The number of aromatic amines is 1. The van der Waals surface area contributed by atoms with Gasteiger partial charge in [-0.25, -0.2) is 19.3 Å². The van der Waals surface area contributed by atoms with E-state index in [-0.39, 0.29) is 16.6 Å². The Hall–Kier alpha value is -3.11. The van der Waals surface area contributed by atoms with Crippen LogP contribution < -0.4 is 0 Å². The molecule has 3 heterocycles. The molecule has 0 saturated carbocycles. The summed E-state index contributed by atoms with van der Waals surface area (Å²) in [7, 11) is -3.67. The molecule has 0 unspecified atom stereocenters. The maximum atomic E-state index is 13.5. The number of imidazole rings is 2. The van der Waals surface area contributed by atoms with Gasteiger partial charge in [0.25, 0.3) is 10.1 Å². The fourth-order valence-corrected chi connectivity index (χ4v) is 3.44. The molecule has 0 saturated heterocycles. The van der Waals surface area contributed by atoms with Crippen molar-refractivity contribution < 1.29 is 17.4 Å². The Bertz CT molecular complexity index is 1420. The second-order valence-electron chi connectivity index (χ2n) is 10.8. The molecule has 0 radical (unpaired) electrons. The van der Waals surface area contributed by atoms with Crippen molar-refractivity contribution >= 4 is 21.3 Å². The van der Waals surface area contributed by atoms with Crippen LogP contribution in [0.25, 0.3) is 33.8 Å². The van der Waals surface area contributed by atoms with E-state index in [0.717, 1.165) is 46.2 Å². The highest BCUT2D eigenvalue weighted by Crippen LogP contribution is 2.33. The van der Waals surface area contributed by atoms with Crippen LogP contribution in [0, 0.1) is 11.2 Å². The van der Waals surface area contributed by atoms with Crippen molar-refractivity contribution in [3.8, 4) is 22.6 Å². The summed E-state index contributed by atoms with van der Waals surface area (Å²) in [6.45, 7) is 13.7. The van der Waals surface area contributed by atoms with Crippen LogP contribution in [0.2, 0.25) is 0 Å². The fourth-order valence-electron chi connectivity index (χ4n) is 3.44. The van der Waals surface area contributed by atoms with Gasteiger partial charge in [-0.3, -0.25) is 4.55 Å². The first kappa shape index (κ1) is 26.5. The lowest BCUT2D eigenvalue weighted by Crippen LogP contribution is -2.15. The molecular formula is C25H32FN5O3S. The first-order valence-electron chi connectivity index (χ1n) is 11.1. The van der Waals surface area contributed by atoms with Crippen molar-refractivity contribution in [1.29, 1.82) is 0 Å². The topological polar surface area (TPSA) is 114 Å². The number of hydrogen-bond acceptors (Lipinski definition) is 5. The van der Waals surface area contributed by atoms with Gasteiger partial charge in [-0.05, 0) is 41.8 Å². The van der Waals surface area contributed by atoms with Gasteiger partial charge in [0.2, 0.25) is 0 Å². The van der Waals surface area contributed by atoms with E-state index < -0.39 is 10.1 Å². The molecule has 0 spiro atoms. The third-order valence-corrected chi connectivity index (χ3v) is 4.90. The Morgan fingerprint density at radius 1 is 1.00 bits per heavy atom. The summed E-state index contributed by atoms with van der Waals surface area (Å²) >= 11 is 0. The van der Waals surface area contributed by atoms with Crippen molar-refractivity contribution in [2.45, 2.75) is 53.5 Å². The molecule has 0 amide bonds. The summed E-state index contributed by atoms with van der Waals surface area (Å²) in [5, 5.41) is 0. The minimum absolute atomic E-state index is 0.109. The zero-order valence-corrected chi connectivity index (χ0v) is 21.9. The number of hydrogen-bond donors (Lipinski definition) is 2. The maximum Gasteiger partial charge on any atom is 0.261 e. The molecule has 1 aromatic carbocycles. The third-order valence-electron chi connectivity index (χ3n) is 4.90. The van der Waals surface area contributed by atoms with Gasteiger partial charge in [0.15, 0.2) is 5.65 Å². The Kier molecular flexibility index (Phi) is 7.19. The molecule has 8 nitrogen and oxygen atoms in total. The van der Waals surface area contributed by atoms with Gasteiger partial charge in [-0.1, -0.05) is 41.5 Å². The molecule has 2 N–H and O–H groups in total. The van der Waals surface area contributed by atoms with Gasteiger partial charge in [0, 0.05) is 17.5 Å². The number of aromatic nitrogens is 5. The molecule has 0 bridgehead atoms. The summed E-state index contributed by atoms with van der Waals surface area (Å²) in [6, 6.07) is 10.4. The quantitative estimate of drug-likeness (QED) is 0.360. The number of benzene rings is 1. The highest BCUT2D eigenvalue weighted by Gasteiger charge is 2.24. The molecule has 35 heavy (non-hydrogen) atoms. The fraction of sp³-hybridized carbons (Fsp3) is 0.400. The first-order valence-corrected chi connectivity index (χ1v) is 13.0. The molecule has 4 rings (SSSR count). The number of nitrogens with one attached hydrogen (secondary N) is 1. The molecule has 0 aliphatic carbocycles. The van der Waals surface area contributed by atoms with Crippen LogP contribution in [0.15, 0.2) is 42.7 Å². The minimum atomic E-state index is -3.67. The van der Waals surface area contributed by atoms with Crippen LogP contribution in [-0.2, 0) is 22.1 Å². The van der Waals surface area contributed by atoms with E-state index in [9.17, 15) is 12.8 Å². The van der Waals surface area contributed by atoms with E-state index in [1.165, 1.54) is 12.1 Å². The first-order chi connectivity index (χ1) is 16.0. The summed E-state index contributed by atoms with van der Waals surface area (Å²) in [5.74, 6) is 0.597. The van der Waals surface area contributed by atoms with Gasteiger partial charge in [-0.2, -0.15) is 8.42 Å². The van der Waals surface area contributed by atoms with Gasteiger partial charge in [-0.15, -0.1) is 0 Å². The highest BCUT2D eigenvalue weighted by atomic mass is 32.2. The van der Waals surface area contributed by atoms with Gasteiger partial charge in [0.05, 0.1) is 29.7 Å². The van der Waals surface area contributed by atoms with Crippen molar-refractivity contribution in [2.75, 3.05) is 6.26 Å².